The van der Waals surface area contributed by atoms with Crippen LogP contribution in [-0.2, 0) is 16.6 Å². The van der Waals surface area contributed by atoms with Crippen molar-refractivity contribution in [3.63, 3.8) is 0 Å². The number of hydrogen-bond acceptors (Lipinski definition) is 3. The van der Waals surface area contributed by atoms with Crippen LogP contribution in [0.5, 0.6) is 0 Å². The first-order valence-corrected chi connectivity index (χ1v) is 7.64. The Balaban J connectivity index is 2.27. The standard InChI is InChI=1S/C13H11ClF2N2O2S/c14-11-5-10(17)6-12(13(11)16)21(19,20)18-7-8-2-1-3-9(15)4-8/h1-6,18H,7,17H2. The first-order valence-electron chi connectivity index (χ1n) is 5.78. The molecule has 0 saturated heterocycles. The maximum atomic E-state index is 13.8. The van der Waals surface area contributed by atoms with E-state index in [1.165, 1.54) is 24.3 Å². The van der Waals surface area contributed by atoms with E-state index >= 15 is 0 Å². The molecule has 0 heterocycles. The lowest BCUT2D eigenvalue weighted by Crippen LogP contribution is -2.24. The number of sulfonamides is 1. The predicted octanol–water partition coefficient (Wildman–Crippen LogP) is 2.68. The molecule has 4 nitrogen and oxygen atoms in total. The highest BCUT2D eigenvalue weighted by atomic mass is 35.5. The summed E-state index contributed by atoms with van der Waals surface area (Å²) < 4.78 is 53.1. The zero-order valence-corrected chi connectivity index (χ0v) is 12.2. The van der Waals surface area contributed by atoms with Gasteiger partial charge in [-0.25, -0.2) is 21.9 Å². The smallest absolute Gasteiger partial charge is 0.243 e. The van der Waals surface area contributed by atoms with Crippen LogP contribution >= 0.6 is 11.6 Å². The number of hydrogen-bond donors (Lipinski definition) is 2. The van der Waals surface area contributed by atoms with E-state index in [0.717, 1.165) is 12.1 Å². The Kier molecular flexibility index (Phi) is 4.46. The van der Waals surface area contributed by atoms with Gasteiger partial charge in [0.15, 0.2) is 5.82 Å². The largest absolute Gasteiger partial charge is 0.399 e. The number of anilines is 1. The van der Waals surface area contributed by atoms with Crippen molar-refractivity contribution in [3.8, 4) is 0 Å². The van der Waals surface area contributed by atoms with Crippen LogP contribution < -0.4 is 10.5 Å². The van der Waals surface area contributed by atoms with Gasteiger partial charge >= 0.3 is 0 Å². The van der Waals surface area contributed by atoms with Gasteiger partial charge in [0.25, 0.3) is 0 Å². The summed E-state index contributed by atoms with van der Waals surface area (Å²) in [4.78, 5) is -0.649. The lowest BCUT2D eigenvalue weighted by Gasteiger charge is -2.09. The van der Waals surface area contributed by atoms with Crippen molar-refractivity contribution in [3.05, 3.63) is 58.6 Å². The number of benzene rings is 2. The molecule has 0 aliphatic heterocycles. The van der Waals surface area contributed by atoms with E-state index in [0.29, 0.717) is 5.56 Å². The average molecular weight is 333 g/mol. The van der Waals surface area contributed by atoms with Crippen molar-refractivity contribution < 1.29 is 17.2 Å². The second-order valence-corrected chi connectivity index (χ2v) is 6.41. The van der Waals surface area contributed by atoms with Gasteiger partial charge in [-0.1, -0.05) is 23.7 Å². The molecule has 0 fully saturated rings. The Labute approximate surface area is 125 Å². The third-order valence-corrected chi connectivity index (χ3v) is 4.34. The van der Waals surface area contributed by atoms with Crippen LogP contribution in [0.15, 0.2) is 41.3 Å². The molecule has 0 radical (unpaired) electrons. The Morgan fingerprint density at radius 3 is 2.57 bits per heavy atom. The molecule has 0 aromatic heterocycles. The second-order valence-electron chi connectivity index (χ2n) is 4.27. The minimum atomic E-state index is -4.16. The van der Waals surface area contributed by atoms with Crippen molar-refractivity contribution in [2.24, 2.45) is 0 Å². The Morgan fingerprint density at radius 1 is 1.19 bits per heavy atom. The number of rotatable bonds is 4. The highest BCUT2D eigenvalue weighted by molar-refractivity contribution is 7.89. The molecule has 0 aliphatic rings. The van der Waals surface area contributed by atoms with Gasteiger partial charge in [-0.3, -0.25) is 0 Å². The summed E-state index contributed by atoms with van der Waals surface area (Å²) in [7, 11) is -4.16. The topological polar surface area (TPSA) is 72.2 Å². The molecule has 0 saturated carbocycles. The molecule has 21 heavy (non-hydrogen) atoms. The summed E-state index contributed by atoms with van der Waals surface area (Å²) in [6.07, 6.45) is 0. The molecule has 0 bridgehead atoms. The van der Waals surface area contributed by atoms with E-state index in [1.54, 1.807) is 0 Å². The monoisotopic (exact) mass is 332 g/mol. The van der Waals surface area contributed by atoms with Crippen molar-refractivity contribution in [2.75, 3.05) is 5.73 Å². The van der Waals surface area contributed by atoms with Crippen LogP contribution in [0.4, 0.5) is 14.5 Å². The van der Waals surface area contributed by atoms with E-state index in [-0.39, 0.29) is 17.3 Å². The maximum Gasteiger partial charge on any atom is 0.243 e. The molecular weight excluding hydrogens is 322 g/mol. The summed E-state index contributed by atoms with van der Waals surface area (Å²) in [5, 5.41) is -0.388. The zero-order chi connectivity index (χ0) is 15.6. The van der Waals surface area contributed by atoms with Crippen LogP contribution in [0, 0.1) is 11.6 Å². The molecule has 0 unspecified atom stereocenters. The van der Waals surface area contributed by atoms with Crippen LogP contribution in [0.25, 0.3) is 0 Å². The summed E-state index contributed by atoms with van der Waals surface area (Å²) >= 11 is 5.57. The Bertz CT molecular complexity index is 782. The summed E-state index contributed by atoms with van der Waals surface area (Å²) in [6.45, 7) is -0.189. The molecule has 112 valence electrons. The molecule has 0 amide bonds. The van der Waals surface area contributed by atoms with E-state index in [2.05, 4.69) is 4.72 Å². The summed E-state index contributed by atoms with van der Waals surface area (Å²) in [6, 6.07) is 7.46. The van der Waals surface area contributed by atoms with Gasteiger partial charge in [0.05, 0.1) is 5.02 Å². The van der Waals surface area contributed by atoms with Crippen LogP contribution in [0.3, 0.4) is 0 Å². The van der Waals surface area contributed by atoms with Crippen LogP contribution in [0.2, 0.25) is 5.02 Å². The highest BCUT2D eigenvalue weighted by Crippen LogP contribution is 2.25. The SMILES string of the molecule is Nc1cc(Cl)c(F)c(S(=O)(=O)NCc2cccc(F)c2)c1. The van der Waals surface area contributed by atoms with Gasteiger partial charge in [-0.2, -0.15) is 0 Å². The molecule has 0 aliphatic carbocycles. The normalized spacial score (nSPS) is 11.6. The number of halogens is 3. The fourth-order valence-corrected chi connectivity index (χ4v) is 3.12. The van der Waals surface area contributed by atoms with E-state index in [9.17, 15) is 17.2 Å². The lowest BCUT2D eigenvalue weighted by molar-refractivity contribution is 0.556. The van der Waals surface area contributed by atoms with Crippen LogP contribution in [0.1, 0.15) is 5.56 Å². The summed E-state index contributed by atoms with van der Waals surface area (Å²) in [5.74, 6) is -1.58. The minimum Gasteiger partial charge on any atom is -0.399 e. The van der Waals surface area contributed by atoms with E-state index < -0.39 is 26.6 Å². The molecule has 0 atom stereocenters. The first-order chi connectivity index (χ1) is 9.79. The van der Waals surface area contributed by atoms with Crippen molar-refractivity contribution >= 4 is 27.3 Å². The van der Waals surface area contributed by atoms with Gasteiger partial charge in [-0.15, -0.1) is 0 Å². The van der Waals surface area contributed by atoms with Crippen molar-refractivity contribution in [2.45, 2.75) is 11.4 Å². The number of nitrogen functional groups attached to an aromatic ring is 1. The lowest BCUT2D eigenvalue weighted by atomic mass is 10.2. The molecule has 2 aromatic rings. The van der Waals surface area contributed by atoms with Gasteiger partial charge in [0.2, 0.25) is 10.0 Å². The zero-order valence-electron chi connectivity index (χ0n) is 10.6. The van der Waals surface area contributed by atoms with Gasteiger partial charge in [0, 0.05) is 12.2 Å². The third kappa shape index (κ3) is 3.69. The van der Waals surface area contributed by atoms with Crippen molar-refractivity contribution in [1.82, 2.24) is 4.72 Å². The summed E-state index contributed by atoms with van der Waals surface area (Å²) in [5.41, 5.74) is 5.88. The van der Waals surface area contributed by atoms with E-state index in [1.807, 2.05) is 0 Å². The Hall–Kier alpha value is -1.70. The molecule has 2 rings (SSSR count). The molecule has 2 aromatic carbocycles. The molecule has 0 spiro atoms. The van der Waals surface area contributed by atoms with Gasteiger partial charge < -0.3 is 5.73 Å². The molecular formula is C13H11ClF2N2O2S. The average Bonchev–Trinajstić information content (AvgIpc) is 2.41. The molecule has 8 heteroatoms. The third-order valence-electron chi connectivity index (χ3n) is 2.66. The van der Waals surface area contributed by atoms with Gasteiger partial charge in [-0.05, 0) is 29.8 Å². The first kappa shape index (κ1) is 15.7. The fraction of sp³-hybridized carbons (Fsp3) is 0.0769. The quantitative estimate of drug-likeness (QED) is 0.845. The van der Waals surface area contributed by atoms with E-state index in [4.69, 9.17) is 17.3 Å². The number of nitrogens with one attached hydrogen (secondary N) is 1. The highest BCUT2D eigenvalue weighted by Gasteiger charge is 2.21. The molecule has 3 N–H and O–H groups in total. The van der Waals surface area contributed by atoms with Gasteiger partial charge in [0.1, 0.15) is 10.7 Å². The van der Waals surface area contributed by atoms with Crippen LogP contribution in [-0.4, -0.2) is 8.42 Å². The predicted molar refractivity (Wildman–Crippen MR) is 76.2 cm³/mol. The minimum absolute atomic E-state index is 0.0209. The number of nitrogens with two attached hydrogens (primary N) is 1. The Morgan fingerprint density at radius 2 is 1.90 bits per heavy atom. The fourth-order valence-electron chi connectivity index (χ4n) is 1.68. The second kappa shape index (κ2) is 5.97. The maximum absolute atomic E-state index is 13.8. The van der Waals surface area contributed by atoms with Crippen molar-refractivity contribution in [1.29, 1.82) is 0 Å².